The Bertz CT molecular complexity index is 671. The Morgan fingerprint density at radius 3 is 2.76 bits per heavy atom. The minimum Gasteiger partial charge on any atom is -0.423 e. The molecule has 17 heavy (non-hydrogen) atoms. The van der Waals surface area contributed by atoms with E-state index >= 15 is 0 Å². The third-order valence-electron chi connectivity index (χ3n) is 2.59. The Kier molecular flexibility index (Phi) is 3.47. The molecule has 0 fully saturated rings. The highest BCUT2D eigenvalue weighted by Crippen LogP contribution is 2.10. The number of allylic oxidation sites excluding steroid dienone is 2. The van der Waals surface area contributed by atoms with Crippen LogP contribution < -0.4 is 15.2 Å². The molecular weight excluding hydrogens is 231 g/mol. The van der Waals surface area contributed by atoms with Crippen LogP contribution in [-0.4, -0.2) is 17.2 Å². The fraction of sp³-hybridized carbons (Fsp3) is 0.0769. The SMILES string of the molecule is C=c1sc2c(B(O)O)cccc2c1=CC=CC. The number of fused-ring (bicyclic) bond motifs is 1. The fourth-order valence-corrected chi connectivity index (χ4v) is 2.90. The highest BCUT2D eigenvalue weighted by atomic mass is 32.1. The Morgan fingerprint density at radius 2 is 2.12 bits per heavy atom. The number of rotatable bonds is 2. The lowest BCUT2D eigenvalue weighted by atomic mass is 9.80. The second-order valence-corrected chi connectivity index (χ2v) is 4.83. The molecule has 0 aliphatic heterocycles. The summed E-state index contributed by atoms with van der Waals surface area (Å²) in [6.07, 6.45) is 5.90. The summed E-state index contributed by atoms with van der Waals surface area (Å²) in [4.78, 5) is 0. The lowest BCUT2D eigenvalue weighted by Gasteiger charge is -1.99. The monoisotopic (exact) mass is 244 g/mol. The molecule has 2 N–H and O–H groups in total. The van der Waals surface area contributed by atoms with Gasteiger partial charge in [-0.1, -0.05) is 43.0 Å². The molecule has 86 valence electrons. The Balaban J connectivity index is 2.86. The molecule has 2 nitrogen and oxygen atoms in total. The van der Waals surface area contributed by atoms with Crippen molar-refractivity contribution in [1.82, 2.24) is 0 Å². The summed E-state index contributed by atoms with van der Waals surface area (Å²) in [5.74, 6) is 0. The van der Waals surface area contributed by atoms with Crippen LogP contribution in [0.3, 0.4) is 0 Å². The second-order valence-electron chi connectivity index (χ2n) is 3.73. The van der Waals surface area contributed by atoms with Crippen molar-refractivity contribution >= 4 is 46.7 Å². The Morgan fingerprint density at radius 1 is 1.35 bits per heavy atom. The van der Waals surface area contributed by atoms with Crippen LogP contribution in [-0.2, 0) is 0 Å². The first kappa shape index (κ1) is 12.1. The highest BCUT2D eigenvalue weighted by Gasteiger charge is 2.15. The Labute approximate surface area is 104 Å². The maximum Gasteiger partial charge on any atom is 0.489 e. The van der Waals surface area contributed by atoms with Crippen molar-refractivity contribution in [3.8, 4) is 0 Å². The van der Waals surface area contributed by atoms with Crippen LogP contribution in [0, 0.1) is 0 Å². The predicted molar refractivity (Wildman–Crippen MR) is 75.7 cm³/mol. The average Bonchev–Trinajstić information content (AvgIpc) is 2.61. The first-order chi connectivity index (χ1) is 8.15. The first-order valence-corrected chi connectivity index (χ1v) is 6.16. The molecule has 0 bridgehead atoms. The topological polar surface area (TPSA) is 40.5 Å². The third-order valence-corrected chi connectivity index (χ3v) is 3.72. The standard InChI is InChI=1S/C13H13BO2S/c1-3-4-6-10-9(2)17-13-11(10)7-5-8-12(13)14(15)16/h3-8,15-16H,2H2,1H3. The van der Waals surface area contributed by atoms with Crippen LogP contribution in [0.4, 0.5) is 0 Å². The van der Waals surface area contributed by atoms with E-state index in [0.717, 1.165) is 19.8 Å². The van der Waals surface area contributed by atoms with Gasteiger partial charge in [0.2, 0.25) is 0 Å². The van der Waals surface area contributed by atoms with Gasteiger partial charge < -0.3 is 10.0 Å². The van der Waals surface area contributed by atoms with Gasteiger partial charge in [-0.3, -0.25) is 0 Å². The van der Waals surface area contributed by atoms with Crippen LogP contribution in [0.5, 0.6) is 0 Å². The largest absolute Gasteiger partial charge is 0.489 e. The van der Waals surface area contributed by atoms with Crippen LogP contribution in [0.25, 0.3) is 22.7 Å². The zero-order valence-corrected chi connectivity index (χ0v) is 10.4. The minimum absolute atomic E-state index is 0.539. The van der Waals surface area contributed by atoms with Gasteiger partial charge in [0.1, 0.15) is 0 Å². The third kappa shape index (κ3) is 2.20. The highest BCUT2D eigenvalue weighted by molar-refractivity contribution is 7.18. The van der Waals surface area contributed by atoms with E-state index in [4.69, 9.17) is 0 Å². The molecule has 0 unspecified atom stereocenters. The predicted octanol–water partition coefficient (Wildman–Crippen LogP) is 0.348. The van der Waals surface area contributed by atoms with Crippen molar-refractivity contribution in [1.29, 1.82) is 0 Å². The quantitative estimate of drug-likeness (QED) is 0.748. The molecule has 0 aliphatic rings. The molecule has 1 aromatic carbocycles. The van der Waals surface area contributed by atoms with E-state index in [1.54, 1.807) is 6.07 Å². The lowest BCUT2D eigenvalue weighted by molar-refractivity contribution is 0.426. The van der Waals surface area contributed by atoms with Gasteiger partial charge in [0.25, 0.3) is 0 Å². The Hall–Kier alpha value is -1.36. The normalized spacial score (nSPS) is 12.8. The number of thiophene rings is 1. The van der Waals surface area contributed by atoms with Gasteiger partial charge >= 0.3 is 7.12 Å². The van der Waals surface area contributed by atoms with Crippen molar-refractivity contribution in [3.05, 3.63) is 40.1 Å². The van der Waals surface area contributed by atoms with Crippen molar-refractivity contribution < 1.29 is 10.0 Å². The molecule has 2 rings (SSSR count). The zero-order valence-electron chi connectivity index (χ0n) is 9.55. The van der Waals surface area contributed by atoms with Gasteiger partial charge in [-0.15, -0.1) is 11.3 Å². The summed E-state index contributed by atoms with van der Waals surface area (Å²) in [6, 6.07) is 5.53. The zero-order chi connectivity index (χ0) is 12.4. The summed E-state index contributed by atoms with van der Waals surface area (Å²) >= 11 is 1.49. The van der Waals surface area contributed by atoms with Gasteiger partial charge in [-0.25, -0.2) is 0 Å². The number of hydrogen-bond acceptors (Lipinski definition) is 3. The van der Waals surface area contributed by atoms with E-state index < -0.39 is 7.12 Å². The number of benzene rings is 1. The molecule has 0 aliphatic carbocycles. The van der Waals surface area contributed by atoms with E-state index in [-0.39, 0.29) is 0 Å². The van der Waals surface area contributed by atoms with E-state index in [9.17, 15) is 10.0 Å². The van der Waals surface area contributed by atoms with E-state index in [2.05, 4.69) is 6.58 Å². The van der Waals surface area contributed by atoms with E-state index in [1.165, 1.54) is 11.3 Å². The summed E-state index contributed by atoms with van der Waals surface area (Å²) in [5, 5.41) is 20.7. The molecule has 0 saturated heterocycles. The summed E-state index contributed by atoms with van der Waals surface area (Å²) < 4.78 is 1.83. The van der Waals surface area contributed by atoms with Crippen LogP contribution in [0.1, 0.15) is 6.92 Å². The van der Waals surface area contributed by atoms with Crippen LogP contribution in [0.2, 0.25) is 0 Å². The number of hydrogen-bond donors (Lipinski definition) is 2. The molecule has 4 heteroatoms. The van der Waals surface area contributed by atoms with Gasteiger partial charge in [-0.05, 0) is 23.0 Å². The average molecular weight is 244 g/mol. The van der Waals surface area contributed by atoms with Crippen molar-refractivity contribution in [3.63, 3.8) is 0 Å². The minimum atomic E-state index is -1.44. The van der Waals surface area contributed by atoms with E-state index in [1.807, 2.05) is 37.3 Å². The smallest absolute Gasteiger partial charge is 0.423 e. The first-order valence-electron chi connectivity index (χ1n) is 5.34. The summed E-state index contributed by atoms with van der Waals surface area (Å²) in [7, 11) is -1.44. The lowest BCUT2D eigenvalue weighted by Crippen LogP contribution is -2.30. The fourth-order valence-electron chi connectivity index (χ4n) is 1.79. The molecule has 2 aromatic rings. The van der Waals surface area contributed by atoms with Crippen molar-refractivity contribution in [2.24, 2.45) is 0 Å². The van der Waals surface area contributed by atoms with Gasteiger partial charge in [-0.2, -0.15) is 0 Å². The molecule has 0 spiro atoms. The maximum atomic E-state index is 9.32. The molecular formula is C13H13BO2S. The maximum absolute atomic E-state index is 9.32. The van der Waals surface area contributed by atoms with Gasteiger partial charge in [0.05, 0.1) is 0 Å². The molecule has 1 aromatic heterocycles. The second kappa shape index (κ2) is 4.88. The molecule has 0 radical (unpaired) electrons. The van der Waals surface area contributed by atoms with E-state index in [0.29, 0.717) is 5.46 Å². The summed E-state index contributed by atoms with van der Waals surface area (Å²) in [5.41, 5.74) is 0.539. The molecule has 1 heterocycles. The molecule has 0 saturated carbocycles. The van der Waals surface area contributed by atoms with Crippen molar-refractivity contribution in [2.45, 2.75) is 6.92 Å². The van der Waals surface area contributed by atoms with Crippen molar-refractivity contribution in [2.75, 3.05) is 0 Å². The molecule has 0 amide bonds. The summed E-state index contributed by atoms with van der Waals surface area (Å²) in [6.45, 7) is 5.96. The van der Waals surface area contributed by atoms with Crippen LogP contribution in [0.15, 0.2) is 30.4 Å². The molecule has 0 atom stereocenters. The van der Waals surface area contributed by atoms with Gasteiger partial charge in [0, 0.05) is 9.23 Å². The van der Waals surface area contributed by atoms with Crippen LogP contribution >= 0.6 is 11.3 Å². The van der Waals surface area contributed by atoms with Gasteiger partial charge in [0.15, 0.2) is 0 Å².